The van der Waals surface area contributed by atoms with Gasteiger partial charge in [-0.2, -0.15) is 5.26 Å². The second-order valence-electron chi connectivity index (χ2n) is 2.77. The molecule has 0 spiro atoms. The standard InChI is InChI=1S/C8H12N2O/c1-11-10-6-8-4-2-3-7(8)5-9/h6-8H,2-4H2,1H3/b10-6+. The molecule has 0 aromatic carbocycles. The number of hydrogen-bond acceptors (Lipinski definition) is 3. The van der Waals surface area contributed by atoms with Gasteiger partial charge in [-0.05, 0) is 12.8 Å². The summed E-state index contributed by atoms with van der Waals surface area (Å²) < 4.78 is 0. The zero-order valence-electron chi connectivity index (χ0n) is 6.66. The average Bonchev–Trinajstić information content (AvgIpc) is 2.47. The summed E-state index contributed by atoms with van der Waals surface area (Å²) in [6, 6.07) is 2.28. The highest BCUT2D eigenvalue weighted by Gasteiger charge is 2.25. The molecular weight excluding hydrogens is 140 g/mol. The quantitative estimate of drug-likeness (QED) is 0.445. The first-order chi connectivity index (χ1) is 5.38. The monoisotopic (exact) mass is 152 g/mol. The van der Waals surface area contributed by atoms with Crippen molar-refractivity contribution in [3.8, 4) is 6.07 Å². The van der Waals surface area contributed by atoms with Gasteiger partial charge >= 0.3 is 0 Å². The lowest BCUT2D eigenvalue weighted by molar-refractivity contribution is 0.213. The maximum Gasteiger partial charge on any atom is 0.106 e. The van der Waals surface area contributed by atoms with Crippen LogP contribution >= 0.6 is 0 Å². The molecule has 3 heteroatoms. The molecule has 0 aromatic rings. The summed E-state index contributed by atoms with van der Waals surface area (Å²) in [6.45, 7) is 0. The van der Waals surface area contributed by atoms with Crippen LogP contribution in [0, 0.1) is 23.2 Å². The van der Waals surface area contributed by atoms with Gasteiger partial charge in [-0.15, -0.1) is 0 Å². The Morgan fingerprint density at radius 2 is 2.45 bits per heavy atom. The Hall–Kier alpha value is -1.04. The number of rotatable bonds is 2. The molecule has 0 radical (unpaired) electrons. The third kappa shape index (κ3) is 1.94. The van der Waals surface area contributed by atoms with Crippen molar-refractivity contribution in [3.63, 3.8) is 0 Å². The summed E-state index contributed by atoms with van der Waals surface area (Å²) in [5.74, 6) is 0.480. The Kier molecular flexibility index (Phi) is 2.91. The van der Waals surface area contributed by atoms with Gasteiger partial charge in [-0.1, -0.05) is 11.6 Å². The van der Waals surface area contributed by atoms with Crippen molar-refractivity contribution in [2.75, 3.05) is 7.11 Å². The molecule has 11 heavy (non-hydrogen) atoms. The van der Waals surface area contributed by atoms with E-state index < -0.39 is 0 Å². The van der Waals surface area contributed by atoms with Gasteiger partial charge in [0, 0.05) is 12.1 Å². The van der Waals surface area contributed by atoms with Crippen LogP contribution in [0.25, 0.3) is 0 Å². The fourth-order valence-corrected chi connectivity index (χ4v) is 1.47. The summed E-state index contributed by atoms with van der Waals surface area (Å²) in [4.78, 5) is 4.56. The molecule has 60 valence electrons. The third-order valence-electron chi connectivity index (χ3n) is 2.09. The molecule has 0 amide bonds. The molecule has 1 saturated carbocycles. The first kappa shape index (κ1) is 8.06. The molecule has 1 aliphatic rings. The topological polar surface area (TPSA) is 45.4 Å². The maximum absolute atomic E-state index is 8.68. The fourth-order valence-electron chi connectivity index (χ4n) is 1.47. The summed E-state index contributed by atoms with van der Waals surface area (Å²) in [5, 5.41) is 12.4. The molecule has 1 rings (SSSR count). The van der Waals surface area contributed by atoms with Gasteiger partial charge in [0.1, 0.15) is 7.11 Å². The van der Waals surface area contributed by atoms with E-state index in [1.807, 2.05) is 0 Å². The van der Waals surface area contributed by atoms with Gasteiger partial charge in [-0.3, -0.25) is 0 Å². The van der Waals surface area contributed by atoms with E-state index in [9.17, 15) is 0 Å². The van der Waals surface area contributed by atoms with E-state index in [1.165, 1.54) is 7.11 Å². The van der Waals surface area contributed by atoms with Crippen LogP contribution in [0.3, 0.4) is 0 Å². The minimum Gasteiger partial charge on any atom is -0.399 e. The molecule has 0 aromatic heterocycles. The maximum atomic E-state index is 8.68. The smallest absolute Gasteiger partial charge is 0.106 e. The van der Waals surface area contributed by atoms with Crippen molar-refractivity contribution in [1.29, 1.82) is 5.26 Å². The van der Waals surface area contributed by atoms with Crippen molar-refractivity contribution >= 4 is 6.21 Å². The Labute approximate surface area is 66.6 Å². The van der Waals surface area contributed by atoms with E-state index in [-0.39, 0.29) is 5.92 Å². The van der Waals surface area contributed by atoms with Gasteiger partial charge in [0.2, 0.25) is 0 Å². The summed E-state index contributed by atoms with van der Waals surface area (Å²) >= 11 is 0. The summed E-state index contributed by atoms with van der Waals surface area (Å²) in [5.41, 5.74) is 0. The predicted octanol–water partition coefficient (Wildman–Crippen LogP) is 1.56. The second kappa shape index (κ2) is 3.97. The van der Waals surface area contributed by atoms with E-state index in [0.717, 1.165) is 19.3 Å². The minimum absolute atomic E-state index is 0.161. The molecule has 0 saturated heterocycles. The molecule has 0 aliphatic heterocycles. The first-order valence-corrected chi connectivity index (χ1v) is 3.84. The van der Waals surface area contributed by atoms with Crippen LogP contribution in [0.15, 0.2) is 5.16 Å². The van der Waals surface area contributed by atoms with Crippen LogP contribution in [0.2, 0.25) is 0 Å². The van der Waals surface area contributed by atoms with Gasteiger partial charge in [0.05, 0.1) is 12.0 Å². The van der Waals surface area contributed by atoms with Crippen LogP contribution in [-0.2, 0) is 4.84 Å². The Morgan fingerprint density at radius 1 is 1.64 bits per heavy atom. The lowest BCUT2D eigenvalue weighted by atomic mass is 9.99. The number of hydrogen-bond donors (Lipinski definition) is 0. The zero-order valence-corrected chi connectivity index (χ0v) is 6.66. The highest BCUT2D eigenvalue weighted by atomic mass is 16.6. The number of nitrogens with zero attached hydrogens (tertiary/aromatic N) is 2. The molecule has 0 bridgehead atoms. The van der Waals surface area contributed by atoms with Gasteiger partial charge < -0.3 is 4.84 Å². The van der Waals surface area contributed by atoms with Crippen LogP contribution in [0.1, 0.15) is 19.3 Å². The van der Waals surface area contributed by atoms with Crippen molar-refractivity contribution in [2.24, 2.45) is 17.0 Å². The Morgan fingerprint density at radius 3 is 3.09 bits per heavy atom. The van der Waals surface area contributed by atoms with E-state index in [1.54, 1.807) is 6.21 Å². The van der Waals surface area contributed by atoms with Gasteiger partial charge in [0.15, 0.2) is 0 Å². The highest BCUT2D eigenvalue weighted by molar-refractivity contribution is 5.61. The molecule has 0 heterocycles. The Balaban J connectivity index is 2.45. The van der Waals surface area contributed by atoms with Crippen molar-refractivity contribution in [1.82, 2.24) is 0 Å². The molecule has 1 fully saturated rings. The van der Waals surface area contributed by atoms with Crippen LogP contribution in [0.4, 0.5) is 0 Å². The highest BCUT2D eigenvalue weighted by Crippen LogP contribution is 2.29. The van der Waals surface area contributed by atoms with Crippen molar-refractivity contribution in [3.05, 3.63) is 0 Å². The summed E-state index contributed by atoms with van der Waals surface area (Å²) in [7, 11) is 1.52. The predicted molar refractivity (Wildman–Crippen MR) is 41.9 cm³/mol. The molecule has 0 N–H and O–H groups in total. The zero-order chi connectivity index (χ0) is 8.10. The van der Waals surface area contributed by atoms with Crippen molar-refractivity contribution in [2.45, 2.75) is 19.3 Å². The third-order valence-corrected chi connectivity index (χ3v) is 2.09. The molecule has 2 unspecified atom stereocenters. The normalized spacial score (nSPS) is 30.5. The van der Waals surface area contributed by atoms with Crippen LogP contribution in [0.5, 0.6) is 0 Å². The van der Waals surface area contributed by atoms with Crippen LogP contribution in [-0.4, -0.2) is 13.3 Å². The Bertz CT molecular complexity index is 183. The molecular formula is C8H12N2O. The number of nitriles is 1. The van der Waals surface area contributed by atoms with E-state index in [0.29, 0.717) is 5.92 Å². The fraction of sp³-hybridized carbons (Fsp3) is 0.750. The lowest BCUT2D eigenvalue weighted by Crippen LogP contribution is -2.06. The molecule has 2 atom stereocenters. The average molecular weight is 152 g/mol. The first-order valence-electron chi connectivity index (χ1n) is 3.84. The molecule has 3 nitrogen and oxygen atoms in total. The minimum atomic E-state index is 0.161. The van der Waals surface area contributed by atoms with Crippen LogP contribution < -0.4 is 0 Å². The van der Waals surface area contributed by atoms with E-state index in [4.69, 9.17) is 5.26 Å². The van der Waals surface area contributed by atoms with E-state index >= 15 is 0 Å². The lowest BCUT2D eigenvalue weighted by Gasteiger charge is -2.04. The van der Waals surface area contributed by atoms with E-state index in [2.05, 4.69) is 16.1 Å². The number of oxime groups is 1. The molecule has 1 aliphatic carbocycles. The van der Waals surface area contributed by atoms with Crippen molar-refractivity contribution < 1.29 is 4.84 Å². The summed E-state index contributed by atoms with van der Waals surface area (Å²) in [6.07, 6.45) is 4.97. The second-order valence-corrected chi connectivity index (χ2v) is 2.77. The SMILES string of the molecule is CO/N=C/C1CCCC1C#N. The van der Waals surface area contributed by atoms with Gasteiger partial charge in [0.25, 0.3) is 0 Å². The largest absolute Gasteiger partial charge is 0.399 e. The van der Waals surface area contributed by atoms with Gasteiger partial charge in [-0.25, -0.2) is 0 Å².